The van der Waals surface area contributed by atoms with Crippen LogP contribution in [0.15, 0.2) is 6.20 Å². The molecule has 0 saturated carbocycles. The summed E-state index contributed by atoms with van der Waals surface area (Å²) in [7, 11) is 4.13. The number of aromatic nitrogens is 2. The highest BCUT2D eigenvalue weighted by Gasteiger charge is 2.20. The van der Waals surface area contributed by atoms with Gasteiger partial charge < -0.3 is 14.8 Å². The third kappa shape index (κ3) is 2.56. The number of likely N-dealkylation sites (N-methyl/N-ethyl adjacent to an activating group) is 1. The molecule has 1 fully saturated rings. The van der Waals surface area contributed by atoms with Crippen LogP contribution in [0.3, 0.4) is 0 Å². The Labute approximate surface area is 102 Å². The van der Waals surface area contributed by atoms with Crippen LogP contribution in [0.2, 0.25) is 5.15 Å². The zero-order chi connectivity index (χ0) is 11.5. The molecule has 1 aliphatic rings. The number of halogens is 1. The molecule has 1 aromatic heterocycles. The lowest BCUT2D eigenvalue weighted by atomic mass is 10.2. The van der Waals surface area contributed by atoms with Gasteiger partial charge in [0.05, 0.1) is 12.7 Å². The Morgan fingerprint density at radius 1 is 1.56 bits per heavy atom. The first kappa shape index (κ1) is 11.9. The molecule has 0 spiro atoms. The lowest BCUT2D eigenvalue weighted by Crippen LogP contribution is -2.35. The van der Waals surface area contributed by atoms with E-state index >= 15 is 0 Å². The van der Waals surface area contributed by atoms with Crippen molar-refractivity contribution in [2.45, 2.75) is 25.4 Å². The van der Waals surface area contributed by atoms with Gasteiger partial charge in [0.2, 0.25) is 0 Å². The van der Waals surface area contributed by atoms with E-state index in [1.807, 2.05) is 11.6 Å². The molecular weight excluding hydrogens is 224 g/mol. The molecule has 90 valence electrons. The number of rotatable bonds is 4. The van der Waals surface area contributed by atoms with Gasteiger partial charge in [0.1, 0.15) is 11.0 Å². The van der Waals surface area contributed by atoms with Gasteiger partial charge in [-0.15, -0.1) is 0 Å². The minimum absolute atomic E-state index is 0.677. The summed E-state index contributed by atoms with van der Waals surface area (Å²) in [6.45, 7) is 3.04. The Kier molecular flexibility index (Phi) is 3.84. The summed E-state index contributed by atoms with van der Waals surface area (Å²) in [5.41, 5.74) is 0. The first-order valence-corrected chi connectivity index (χ1v) is 6.13. The molecule has 1 saturated heterocycles. The van der Waals surface area contributed by atoms with E-state index in [9.17, 15) is 0 Å². The molecule has 1 aromatic rings. The van der Waals surface area contributed by atoms with Crippen molar-refractivity contribution in [3.63, 3.8) is 0 Å². The molecule has 0 radical (unpaired) electrons. The normalized spacial score (nSPS) is 21.8. The molecule has 4 nitrogen and oxygen atoms in total. The number of likely N-dealkylation sites (tertiary alicyclic amines) is 1. The molecule has 1 unspecified atom stereocenters. The molecular formula is C11H19ClN4. The fourth-order valence-electron chi connectivity index (χ4n) is 2.18. The lowest BCUT2D eigenvalue weighted by Gasteiger charge is -2.19. The van der Waals surface area contributed by atoms with Crippen molar-refractivity contribution in [1.29, 1.82) is 0 Å². The van der Waals surface area contributed by atoms with E-state index in [4.69, 9.17) is 11.6 Å². The van der Waals surface area contributed by atoms with Crippen LogP contribution < -0.4 is 5.32 Å². The van der Waals surface area contributed by atoms with Crippen LogP contribution >= 0.6 is 11.6 Å². The highest BCUT2D eigenvalue weighted by Crippen LogP contribution is 2.14. The topological polar surface area (TPSA) is 33.1 Å². The largest absolute Gasteiger partial charge is 0.321 e. The number of hydrogen-bond acceptors (Lipinski definition) is 3. The van der Waals surface area contributed by atoms with E-state index in [2.05, 4.69) is 22.2 Å². The minimum Gasteiger partial charge on any atom is -0.321 e. The predicted octanol–water partition coefficient (Wildman–Crippen LogP) is 1.26. The Hall–Kier alpha value is -0.580. The molecule has 1 aliphatic heterocycles. The molecule has 16 heavy (non-hydrogen) atoms. The van der Waals surface area contributed by atoms with Crippen molar-refractivity contribution in [3.8, 4) is 0 Å². The molecule has 2 rings (SSSR count). The average molecular weight is 243 g/mol. The molecule has 1 atom stereocenters. The highest BCUT2D eigenvalue weighted by atomic mass is 35.5. The maximum atomic E-state index is 5.92. The highest BCUT2D eigenvalue weighted by molar-refractivity contribution is 6.29. The van der Waals surface area contributed by atoms with Crippen LogP contribution in [0.25, 0.3) is 0 Å². The number of hydrogen-bond donors (Lipinski definition) is 1. The van der Waals surface area contributed by atoms with Gasteiger partial charge in [-0.25, -0.2) is 4.98 Å². The molecule has 2 heterocycles. The quantitative estimate of drug-likeness (QED) is 0.863. The molecule has 0 amide bonds. The predicted molar refractivity (Wildman–Crippen MR) is 65.6 cm³/mol. The number of nitrogens with one attached hydrogen (secondary N) is 1. The zero-order valence-corrected chi connectivity index (χ0v) is 10.7. The van der Waals surface area contributed by atoms with Crippen LogP contribution in [0.4, 0.5) is 0 Å². The first-order valence-electron chi connectivity index (χ1n) is 5.75. The van der Waals surface area contributed by atoms with E-state index < -0.39 is 0 Å². The van der Waals surface area contributed by atoms with Gasteiger partial charge in [-0.1, -0.05) is 11.6 Å². The van der Waals surface area contributed by atoms with Gasteiger partial charge in [0.15, 0.2) is 0 Å². The fourth-order valence-corrected chi connectivity index (χ4v) is 2.32. The summed E-state index contributed by atoms with van der Waals surface area (Å²) in [6, 6.07) is 0.677. The Morgan fingerprint density at radius 3 is 2.94 bits per heavy atom. The van der Waals surface area contributed by atoms with Crippen LogP contribution in [0, 0.1) is 0 Å². The second-order valence-corrected chi connectivity index (χ2v) is 4.85. The van der Waals surface area contributed by atoms with Gasteiger partial charge in [0.25, 0.3) is 0 Å². The molecule has 0 bridgehead atoms. The van der Waals surface area contributed by atoms with E-state index in [0.717, 1.165) is 18.9 Å². The third-order valence-corrected chi connectivity index (χ3v) is 3.71. The van der Waals surface area contributed by atoms with E-state index in [1.165, 1.54) is 19.4 Å². The Morgan fingerprint density at radius 2 is 2.38 bits per heavy atom. The van der Waals surface area contributed by atoms with Crippen LogP contribution in [-0.4, -0.2) is 40.6 Å². The zero-order valence-electron chi connectivity index (χ0n) is 9.91. The van der Waals surface area contributed by atoms with Gasteiger partial charge in [-0.3, -0.25) is 0 Å². The molecule has 0 aliphatic carbocycles. The van der Waals surface area contributed by atoms with Crippen molar-refractivity contribution in [2.24, 2.45) is 7.05 Å². The second kappa shape index (κ2) is 5.17. The van der Waals surface area contributed by atoms with Gasteiger partial charge in [-0.2, -0.15) is 0 Å². The van der Waals surface area contributed by atoms with E-state index in [1.54, 1.807) is 6.20 Å². The Bertz CT molecular complexity index is 350. The maximum absolute atomic E-state index is 5.92. The summed E-state index contributed by atoms with van der Waals surface area (Å²) in [5.74, 6) is 0.991. The van der Waals surface area contributed by atoms with Gasteiger partial charge in [0, 0.05) is 19.6 Å². The number of nitrogens with zero attached hydrogens (tertiary/aromatic N) is 3. The maximum Gasteiger partial charge on any atom is 0.128 e. The summed E-state index contributed by atoms with van der Waals surface area (Å²) >= 11 is 5.92. The third-order valence-electron chi connectivity index (χ3n) is 3.36. The van der Waals surface area contributed by atoms with Crippen molar-refractivity contribution in [1.82, 2.24) is 19.8 Å². The van der Waals surface area contributed by atoms with E-state index in [-0.39, 0.29) is 0 Å². The Balaban J connectivity index is 1.77. The van der Waals surface area contributed by atoms with Crippen molar-refractivity contribution < 1.29 is 0 Å². The second-order valence-electron chi connectivity index (χ2n) is 4.46. The number of imidazole rings is 1. The fraction of sp³-hybridized carbons (Fsp3) is 0.727. The summed E-state index contributed by atoms with van der Waals surface area (Å²) in [5, 5.41) is 4.13. The lowest BCUT2D eigenvalue weighted by molar-refractivity contribution is 0.299. The monoisotopic (exact) mass is 242 g/mol. The van der Waals surface area contributed by atoms with E-state index in [0.29, 0.717) is 11.2 Å². The smallest absolute Gasteiger partial charge is 0.128 e. The molecule has 1 N–H and O–H groups in total. The standard InChI is InChI=1S/C11H19ClN4/c1-15-5-3-4-9(15)6-13-8-11-14-7-10(12)16(11)2/h7,9,13H,3-6,8H2,1-2H3. The summed E-state index contributed by atoms with van der Waals surface area (Å²) in [6.07, 6.45) is 4.31. The van der Waals surface area contributed by atoms with Crippen LogP contribution in [0.1, 0.15) is 18.7 Å². The van der Waals surface area contributed by atoms with Gasteiger partial charge >= 0.3 is 0 Å². The SMILES string of the molecule is CN1CCCC1CNCc1ncc(Cl)n1C. The molecule has 0 aromatic carbocycles. The van der Waals surface area contributed by atoms with Crippen molar-refractivity contribution in [3.05, 3.63) is 17.2 Å². The van der Waals surface area contributed by atoms with Gasteiger partial charge in [-0.05, 0) is 26.4 Å². The van der Waals surface area contributed by atoms with Crippen molar-refractivity contribution in [2.75, 3.05) is 20.1 Å². The van der Waals surface area contributed by atoms with Crippen LogP contribution in [-0.2, 0) is 13.6 Å². The minimum atomic E-state index is 0.677. The average Bonchev–Trinajstić information content (AvgIpc) is 2.80. The van der Waals surface area contributed by atoms with Crippen LogP contribution in [0.5, 0.6) is 0 Å². The van der Waals surface area contributed by atoms with Crippen molar-refractivity contribution >= 4 is 11.6 Å². The molecule has 5 heteroatoms. The first-order chi connectivity index (χ1) is 7.68. The summed E-state index contributed by atoms with van der Waals surface area (Å²) < 4.78 is 1.91. The summed E-state index contributed by atoms with van der Waals surface area (Å²) in [4.78, 5) is 6.67.